The molecular weight excluding hydrogens is 283 g/mol. The SMILES string of the molecule is COc1cc(C(=O)N2CC[C@@H](c3ccc(F)cc3)C2)ccn1. The van der Waals surface area contributed by atoms with Crippen LogP contribution in [-0.4, -0.2) is 36.0 Å². The number of hydrogen-bond donors (Lipinski definition) is 0. The lowest BCUT2D eigenvalue weighted by atomic mass is 9.99. The number of rotatable bonds is 3. The second-order valence-electron chi connectivity index (χ2n) is 5.38. The molecule has 1 saturated heterocycles. The smallest absolute Gasteiger partial charge is 0.254 e. The molecule has 0 bridgehead atoms. The largest absolute Gasteiger partial charge is 0.481 e. The first-order valence-corrected chi connectivity index (χ1v) is 7.22. The van der Waals surface area contributed by atoms with E-state index >= 15 is 0 Å². The van der Waals surface area contributed by atoms with Crippen LogP contribution in [0.25, 0.3) is 0 Å². The monoisotopic (exact) mass is 300 g/mol. The standard InChI is InChI=1S/C17H17FN2O2/c1-22-16-10-13(6-8-19-16)17(21)20-9-7-14(11-20)12-2-4-15(18)5-3-12/h2-6,8,10,14H,7,9,11H2,1H3/t14-/m1/s1. The molecule has 0 aliphatic carbocycles. The molecule has 1 aliphatic rings. The average Bonchev–Trinajstić information content (AvgIpc) is 3.05. The Balaban J connectivity index is 1.71. The van der Waals surface area contributed by atoms with E-state index in [2.05, 4.69) is 4.98 Å². The zero-order chi connectivity index (χ0) is 15.5. The number of carbonyl (C=O) groups is 1. The van der Waals surface area contributed by atoms with Crippen LogP contribution in [-0.2, 0) is 0 Å². The average molecular weight is 300 g/mol. The number of methoxy groups -OCH3 is 1. The predicted molar refractivity (Wildman–Crippen MR) is 80.5 cm³/mol. The van der Waals surface area contributed by atoms with E-state index in [4.69, 9.17) is 4.74 Å². The molecule has 3 rings (SSSR count). The fourth-order valence-electron chi connectivity index (χ4n) is 2.79. The van der Waals surface area contributed by atoms with Crippen molar-refractivity contribution in [1.82, 2.24) is 9.88 Å². The van der Waals surface area contributed by atoms with Crippen LogP contribution in [0.2, 0.25) is 0 Å². The number of carbonyl (C=O) groups excluding carboxylic acids is 1. The number of nitrogens with zero attached hydrogens (tertiary/aromatic N) is 2. The molecule has 5 heteroatoms. The number of hydrogen-bond acceptors (Lipinski definition) is 3. The van der Waals surface area contributed by atoms with Gasteiger partial charge in [-0.05, 0) is 30.2 Å². The number of ether oxygens (including phenoxy) is 1. The number of aromatic nitrogens is 1. The molecule has 1 fully saturated rings. The third-order valence-electron chi connectivity index (χ3n) is 4.01. The molecule has 0 N–H and O–H groups in total. The van der Waals surface area contributed by atoms with Gasteiger partial charge in [-0.3, -0.25) is 4.79 Å². The summed E-state index contributed by atoms with van der Waals surface area (Å²) in [5.41, 5.74) is 1.65. The Labute approximate surface area is 128 Å². The van der Waals surface area contributed by atoms with Crippen LogP contribution in [0.3, 0.4) is 0 Å². The van der Waals surface area contributed by atoms with Crippen LogP contribution < -0.4 is 4.74 Å². The zero-order valence-corrected chi connectivity index (χ0v) is 12.3. The number of amides is 1. The maximum absolute atomic E-state index is 13.0. The minimum atomic E-state index is -0.237. The summed E-state index contributed by atoms with van der Waals surface area (Å²) in [4.78, 5) is 18.4. The van der Waals surface area contributed by atoms with Crippen molar-refractivity contribution in [2.24, 2.45) is 0 Å². The van der Waals surface area contributed by atoms with Crippen molar-refractivity contribution in [3.8, 4) is 5.88 Å². The molecule has 1 atom stereocenters. The van der Waals surface area contributed by atoms with E-state index in [0.29, 0.717) is 24.5 Å². The summed E-state index contributed by atoms with van der Waals surface area (Å²) in [6.07, 6.45) is 2.46. The quantitative estimate of drug-likeness (QED) is 0.875. The molecule has 22 heavy (non-hydrogen) atoms. The predicted octanol–water partition coefficient (Wildman–Crippen LogP) is 2.86. The van der Waals surface area contributed by atoms with Gasteiger partial charge in [0.25, 0.3) is 5.91 Å². The van der Waals surface area contributed by atoms with Gasteiger partial charge in [-0.25, -0.2) is 9.37 Å². The number of halogens is 1. The van der Waals surface area contributed by atoms with E-state index < -0.39 is 0 Å². The lowest BCUT2D eigenvalue weighted by Gasteiger charge is -2.17. The molecule has 1 aromatic carbocycles. The van der Waals surface area contributed by atoms with E-state index in [-0.39, 0.29) is 17.6 Å². The normalized spacial score (nSPS) is 17.5. The van der Waals surface area contributed by atoms with Crippen molar-refractivity contribution >= 4 is 5.91 Å². The van der Waals surface area contributed by atoms with Crippen LogP contribution in [0.5, 0.6) is 5.88 Å². The van der Waals surface area contributed by atoms with Crippen molar-refractivity contribution in [2.45, 2.75) is 12.3 Å². The topological polar surface area (TPSA) is 42.4 Å². The summed E-state index contributed by atoms with van der Waals surface area (Å²) in [5, 5.41) is 0. The van der Waals surface area contributed by atoms with Gasteiger partial charge in [0.1, 0.15) is 5.82 Å². The summed E-state index contributed by atoms with van der Waals surface area (Å²) in [6.45, 7) is 1.35. The Morgan fingerprint density at radius 1 is 1.32 bits per heavy atom. The van der Waals surface area contributed by atoms with Crippen molar-refractivity contribution in [2.75, 3.05) is 20.2 Å². The molecule has 1 amide bonds. The summed E-state index contributed by atoms with van der Waals surface area (Å²) < 4.78 is 18.0. The van der Waals surface area contributed by atoms with Crippen LogP contribution >= 0.6 is 0 Å². The van der Waals surface area contributed by atoms with Crippen molar-refractivity contribution < 1.29 is 13.9 Å². The van der Waals surface area contributed by atoms with Gasteiger partial charge in [0.15, 0.2) is 0 Å². The minimum absolute atomic E-state index is 0.0229. The van der Waals surface area contributed by atoms with Crippen molar-refractivity contribution in [3.63, 3.8) is 0 Å². The van der Waals surface area contributed by atoms with Crippen LogP contribution in [0, 0.1) is 5.82 Å². The first-order chi connectivity index (χ1) is 10.7. The van der Waals surface area contributed by atoms with Gasteiger partial charge < -0.3 is 9.64 Å². The van der Waals surface area contributed by atoms with E-state index in [1.54, 1.807) is 30.5 Å². The Kier molecular flexibility index (Phi) is 4.04. The molecular formula is C17H17FN2O2. The van der Waals surface area contributed by atoms with E-state index in [1.807, 2.05) is 4.90 Å². The molecule has 0 saturated carbocycles. The molecule has 2 heterocycles. The molecule has 4 nitrogen and oxygen atoms in total. The van der Waals surface area contributed by atoms with Gasteiger partial charge in [-0.1, -0.05) is 12.1 Å². The summed E-state index contributed by atoms with van der Waals surface area (Å²) in [6, 6.07) is 9.86. The van der Waals surface area contributed by atoms with E-state index in [1.165, 1.54) is 19.2 Å². The van der Waals surface area contributed by atoms with Crippen LogP contribution in [0.15, 0.2) is 42.6 Å². The second kappa shape index (κ2) is 6.13. The maximum Gasteiger partial charge on any atom is 0.254 e. The highest BCUT2D eigenvalue weighted by molar-refractivity contribution is 5.94. The third-order valence-corrected chi connectivity index (χ3v) is 4.01. The van der Waals surface area contributed by atoms with Gasteiger partial charge >= 0.3 is 0 Å². The number of benzene rings is 1. The fourth-order valence-corrected chi connectivity index (χ4v) is 2.79. The lowest BCUT2D eigenvalue weighted by Crippen LogP contribution is -2.28. The molecule has 0 unspecified atom stereocenters. The van der Waals surface area contributed by atoms with Gasteiger partial charge in [-0.2, -0.15) is 0 Å². The molecule has 1 aliphatic heterocycles. The van der Waals surface area contributed by atoms with Crippen LogP contribution in [0.4, 0.5) is 4.39 Å². The van der Waals surface area contributed by atoms with Crippen molar-refractivity contribution in [3.05, 3.63) is 59.5 Å². The summed E-state index contributed by atoms with van der Waals surface area (Å²) >= 11 is 0. The van der Waals surface area contributed by atoms with Gasteiger partial charge in [0.2, 0.25) is 5.88 Å². The van der Waals surface area contributed by atoms with Gasteiger partial charge in [0, 0.05) is 36.8 Å². The van der Waals surface area contributed by atoms with Crippen molar-refractivity contribution in [1.29, 1.82) is 0 Å². The molecule has 0 radical (unpaired) electrons. The highest BCUT2D eigenvalue weighted by atomic mass is 19.1. The van der Waals surface area contributed by atoms with Crippen LogP contribution in [0.1, 0.15) is 28.3 Å². The maximum atomic E-state index is 13.0. The fraction of sp³-hybridized carbons (Fsp3) is 0.294. The minimum Gasteiger partial charge on any atom is -0.481 e. The Morgan fingerprint density at radius 3 is 2.82 bits per heavy atom. The Bertz CT molecular complexity index is 673. The Morgan fingerprint density at radius 2 is 2.09 bits per heavy atom. The number of likely N-dealkylation sites (tertiary alicyclic amines) is 1. The first-order valence-electron chi connectivity index (χ1n) is 7.22. The number of pyridine rings is 1. The molecule has 2 aromatic rings. The molecule has 0 spiro atoms. The zero-order valence-electron chi connectivity index (χ0n) is 12.3. The van der Waals surface area contributed by atoms with Gasteiger partial charge in [-0.15, -0.1) is 0 Å². The van der Waals surface area contributed by atoms with E-state index in [0.717, 1.165) is 12.0 Å². The lowest BCUT2D eigenvalue weighted by molar-refractivity contribution is 0.0790. The highest BCUT2D eigenvalue weighted by Crippen LogP contribution is 2.28. The summed E-state index contributed by atoms with van der Waals surface area (Å²) in [7, 11) is 1.52. The second-order valence-corrected chi connectivity index (χ2v) is 5.38. The molecule has 1 aromatic heterocycles. The first kappa shape index (κ1) is 14.5. The summed E-state index contributed by atoms with van der Waals surface area (Å²) in [5.74, 6) is 0.428. The van der Waals surface area contributed by atoms with Gasteiger partial charge in [0.05, 0.1) is 7.11 Å². The Hall–Kier alpha value is -2.43. The third kappa shape index (κ3) is 2.93. The van der Waals surface area contributed by atoms with E-state index in [9.17, 15) is 9.18 Å². The molecule has 114 valence electrons. The highest BCUT2D eigenvalue weighted by Gasteiger charge is 2.28.